The van der Waals surface area contributed by atoms with Crippen LogP contribution in [0.5, 0.6) is 11.5 Å². The Morgan fingerprint density at radius 2 is 1.67 bits per heavy atom. The molecular weight excluding hydrogens is 533 g/mol. The van der Waals surface area contributed by atoms with Crippen LogP contribution in [0.4, 0.5) is 4.39 Å². The van der Waals surface area contributed by atoms with Crippen LogP contribution in [-0.4, -0.2) is 119 Å². The summed E-state index contributed by atoms with van der Waals surface area (Å²) in [6, 6.07) is 4.41. The summed E-state index contributed by atoms with van der Waals surface area (Å²) in [6.07, 6.45) is 0. The van der Waals surface area contributed by atoms with Crippen molar-refractivity contribution in [2.45, 2.75) is 35.6 Å². The van der Waals surface area contributed by atoms with Gasteiger partial charge in [0.15, 0.2) is 0 Å². The second-order valence-corrected chi connectivity index (χ2v) is 10.6. The van der Waals surface area contributed by atoms with Gasteiger partial charge in [-0.2, -0.15) is 0 Å². The molecule has 14 radical (unpaired) electrons. The SMILES string of the molecule is [B]c1c([B])c(CN2CCOCC2)c(F)c(COc2cccc3c2CN(C2([B])C(=O)NC(=O)C([B])([B])C2([B])[B])C3=O)c1O. The number of piperidine rings is 1. The molecule has 0 spiro atoms. The van der Waals surface area contributed by atoms with Crippen molar-refractivity contribution < 1.29 is 33.4 Å². The number of morpholine rings is 1. The number of phenols is 1. The van der Waals surface area contributed by atoms with E-state index in [4.69, 9.17) is 64.4 Å². The molecule has 2 fully saturated rings. The van der Waals surface area contributed by atoms with E-state index in [2.05, 4.69) is 0 Å². The van der Waals surface area contributed by atoms with Crippen LogP contribution in [0.1, 0.15) is 27.0 Å². The van der Waals surface area contributed by atoms with Crippen LogP contribution < -0.4 is 21.0 Å². The highest BCUT2D eigenvalue weighted by atomic mass is 19.1. The average molecular weight is 552 g/mol. The maximum Gasteiger partial charge on any atom is 0.254 e. The molecule has 3 heterocycles. The van der Waals surface area contributed by atoms with Crippen molar-refractivity contribution in [3.8, 4) is 11.5 Å². The van der Waals surface area contributed by atoms with E-state index in [-0.39, 0.29) is 52.0 Å². The van der Waals surface area contributed by atoms with Gasteiger partial charge in [-0.3, -0.25) is 24.6 Å². The lowest BCUT2D eigenvalue weighted by Gasteiger charge is -2.60. The number of carbonyl (C=O) groups is 3. The average Bonchev–Trinajstić information content (AvgIpc) is 3.30. The Kier molecular flexibility index (Phi) is 7.67. The van der Waals surface area contributed by atoms with Gasteiger partial charge in [0, 0.05) is 30.8 Å². The van der Waals surface area contributed by atoms with Crippen LogP contribution in [0, 0.1) is 5.82 Å². The molecule has 0 bridgehead atoms. The fraction of sp³-hybridized carbons (Fsp3) is 0.400. The third kappa shape index (κ3) is 4.42. The Balaban J connectivity index is 1.45. The molecule has 2 aromatic carbocycles. The Morgan fingerprint density at radius 1 is 1.00 bits per heavy atom. The molecule has 0 aliphatic carbocycles. The maximum absolute atomic E-state index is 15.7. The third-order valence-corrected chi connectivity index (χ3v) is 8.16. The number of halogens is 1. The highest BCUT2D eigenvalue weighted by Crippen LogP contribution is 2.55. The fourth-order valence-corrected chi connectivity index (χ4v) is 5.34. The molecule has 3 amide bonds. The molecule has 2 N–H and O–H groups in total. The lowest BCUT2D eigenvalue weighted by atomic mass is 9.21. The van der Waals surface area contributed by atoms with Crippen LogP contribution in [0.25, 0.3) is 0 Å². The van der Waals surface area contributed by atoms with Crippen molar-refractivity contribution in [1.82, 2.24) is 15.1 Å². The third-order valence-electron chi connectivity index (χ3n) is 8.16. The lowest BCUT2D eigenvalue weighted by Crippen LogP contribution is -2.75. The predicted molar refractivity (Wildman–Crippen MR) is 156 cm³/mol. The smallest absolute Gasteiger partial charge is 0.254 e. The van der Waals surface area contributed by atoms with Gasteiger partial charge >= 0.3 is 0 Å². The molecule has 9 nitrogen and oxygen atoms in total. The summed E-state index contributed by atoms with van der Waals surface area (Å²) >= 11 is 0. The molecule has 3 aliphatic heterocycles. The molecule has 2 aromatic rings. The number of ether oxygens (including phenoxy) is 2. The summed E-state index contributed by atoms with van der Waals surface area (Å²) in [5.41, 5.74) is -2.69. The van der Waals surface area contributed by atoms with Gasteiger partial charge in [-0.25, -0.2) is 4.39 Å². The number of carbonyl (C=O) groups excluding carboxylic acids is 3. The number of amides is 3. The minimum atomic E-state index is -2.61. The fourth-order valence-electron chi connectivity index (χ4n) is 5.34. The number of hydrogen-bond acceptors (Lipinski definition) is 7. The van der Waals surface area contributed by atoms with E-state index in [0.717, 1.165) is 4.90 Å². The number of hydrogen-bond donors (Lipinski definition) is 2. The van der Waals surface area contributed by atoms with E-state index in [1.807, 2.05) is 10.2 Å². The number of phenolic OH excluding ortho intramolecular Hbond substituents is 1. The van der Waals surface area contributed by atoms with Gasteiger partial charge in [0.1, 0.15) is 47.5 Å². The Bertz CT molecular complexity index is 1500. The van der Waals surface area contributed by atoms with Gasteiger partial charge in [-0.15, -0.1) is 0 Å². The summed E-state index contributed by atoms with van der Waals surface area (Å²) < 4.78 is 26.9. The van der Waals surface area contributed by atoms with E-state index in [1.54, 1.807) is 0 Å². The standard InChI is InChI=1S/C25H19B7FN3O6/c26-16-13(8-35-4-6-41-7-5-35)18(33)14(19(37)17(16)27)10-42-15-3-1-2-11-12(15)9-36(20(11)38)24(30)22(40)34-21(39)23(28,29)25(24,31)32/h1-3,37H,4-10H2,(H,34,39,40). The number of fused-ring (bicyclic) bond motifs is 1. The molecule has 0 saturated carbocycles. The molecule has 198 valence electrons. The maximum atomic E-state index is 15.7. The lowest BCUT2D eigenvalue weighted by molar-refractivity contribution is -0.140. The van der Waals surface area contributed by atoms with E-state index in [9.17, 15) is 19.5 Å². The number of nitrogens with one attached hydrogen (secondary N) is 1. The van der Waals surface area contributed by atoms with Crippen LogP contribution in [0.3, 0.4) is 0 Å². The van der Waals surface area contributed by atoms with E-state index >= 15 is 4.39 Å². The topological polar surface area (TPSA) is 108 Å². The number of nitrogens with zero attached hydrogens (tertiary/aromatic N) is 2. The summed E-state index contributed by atoms with van der Waals surface area (Å²) in [6.45, 7) is 1.35. The van der Waals surface area contributed by atoms with Gasteiger partial charge in [0.2, 0.25) is 11.8 Å². The molecule has 1 unspecified atom stereocenters. The first-order valence-corrected chi connectivity index (χ1v) is 12.9. The number of rotatable bonds is 6. The first-order chi connectivity index (χ1) is 19.6. The normalized spacial score (nSPS) is 23.5. The van der Waals surface area contributed by atoms with Crippen molar-refractivity contribution in [1.29, 1.82) is 0 Å². The zero-order chi connectivity index (χ0) is 30.8. The zero-order valence-electron chi connectivity index (χ0n) is 22.5. The Labute approximate surface area is 251 Å². The number of aromatic hydroxyl groups is 1. The molecule has 1 atom stereocenters. The van der Waals surface area contributed by atoms with Crippen molar-refractivity contribution in [2.24, 2.45) is 0 Å². The minimum absolute atomic E-state index is 0.0620. The summed E-state index contributed by atoms with van der Waals surface area (Å²) in [7, 11) is 42.3. The van der Waals surface area contributed by atoms with E-state index < -0.39 is 51.8 Å². The summed E-state index contributed by atoms with van der Waals surface area (Å²) in [5.74, 6) is -4.43. The number of imide groups is 1. The van der Waals surface area contributed by atoms with Crippen LogP contribution in [0.2, 0.25) is 10.4 Å². The summed E-state index contributed by atoms with van der Waals surface area (Å²) in [5, 5.41) is 7.42. The molecular formula is C25H19B7FN3O6. The van der Waals surface area contributed by atoms with Gasteiger partial charge < -0.3 is 19.5 Å². The van der Waals surface area contributed by atoms with Crippen molar-refractivity contribution in [2.75, 3.05) is 26.3 Å². The van der Waals surface area contributed by atoms with E-state index in [1.165, 1.54) is 18.2 Å². The van der Waals surface area contributed by atoms with Gasteiger partial charge in [-0.05, 0) is 22.9 Å². The monoisotopic (exact) mass is 553 g/mol. The van der Waals surface area contributed by atoms with Crippen LogP contribution in [-0.2, 0) is 34.0 Å². The quantitative estimate of drug-likeness (QED) is 0.289. The van der Waals surface area contributed by atoms with Crippen LogP contribution >= 0.6 is 0 Å². The van der Waals surface area contributed by atoms with Gasteiger partial charge in [0.05, 0.1) is 62.1 Å². The van der Waals surface area contributed by atoms with Crippen molar-refractivity contribution in [3.63, 3.8) is 0 Å². The predicted octanol–water partition coefficient (Wildman–Crippen LogP) is -3.09. The minimum Gasteiger partial charge on any atom is -0.508 e. The first kappa shape index (κ1) is 30.4. The van der Waals surface area contributed by atoms with Gasteiger partial charge in [0.25, 0.3) is 5.91 Å². The Morgan fingerprint density at radius 3 is 2.33 bits per heavy atom. The number of benzene rings is 2. The van der Waals surface area contributed by atoms with Crippen LogP contribution in [0.15, 0.2) is 18.2 Å². The first-order valence-electron chi connectivity index (χ1n) is 12.9. The second kappa shape index (κ2) is 10.6. The molecule has 2 saturated heterocycles. The molecule has 17 heteroatoms. The van der Waals surface area contributed by atoms with Gasteiger partial charge in [-0.1, -0.05) is 22.2 Å². The highest BCUT2D eigenvalue weighted by Gasteiger charge is 2.63. The van der Waals surface area contributed by atoms with E-state index in [0.29, 0.717) is 26.3 Å². The molecule has 3 aliphatic rings. The largest absolute Gasteiger partial charge is 0.508 e. The molecule has 42 heavy (non-hydrogen) atoms. The highest BCUT2D eigenvalue weighted by molar-refractivity contribution is 6.66. The zero-order valence-corrected chi connectivity index (χ0v) is 22.5. The second-order valence-electron chi connectivity index (χ2n) is 10.6. The van der Waals surface area contributed by atoms with Crippen molar-refractivity contribution >= 4 is 83.6 Å². The summed E-state index contributed by atoms with van der Waals surface area (Å²) in [4.78, 5) is 41.5. The Hall–Kier alpha value is -3.05. The molecule has 5 rings (SSSR count). The molecule has 0 aromatic heterocycles. The van der Waals surface area contributed by atoms with Crippen molar-refractivity contribution in [3.05, 3.63) is 46.3 Å².